The van der Waals surface area contributed by atoms with Crippen molar-refractivity contribution in [1.29, 1.82) is 0 Å². The first kappa shape index (κ1) is 25.3. The van der Waals surface area contributed by atoms with E-state index in [-0.39, 0.29) is 11.7 Å². The molecule has 186 valence electrons. The molecule has 3 aromatic rings. The number of hydrazone groups is 1. The average Bonchev–Trinajstić information content (AvgIpc) is 2.88. The summed E-state index contributed by atoms with van der Waals surface area (Å²) in [6, 6.07) is 27.3. The molecule has 7 nitrogen and oxygen atoms in total. The zero-order valence-corrected chi connectivity index (χ0v) is 20.9. The number of anilines is 2. The van der Waals surface area contributed by atoms with Gasteiger partial charge in [0.15, 0.2) is 5.78 Å². The molecule has 1 heterocycles. The second kappa shape index (κ2) is 12.2. The smallest absolute Gasteiger partial charge is 0.221 e. The van der Waals surface area contributed by atoms with Gasteiger partial charge in [-0.15, -0.1) is 0 Å². The number of amides is 1. The fourth-order valence-corrected chi connectivity index (χ4v) is 4.55. The molecule has 1 saturated heterocycles. The Morgan fingerprint density at radius 3 is 2.08 bits per heavy atom. The molecular weight excluding hydrogens is 450 g/mol. The lowest BCUT2D eigenvalue weighted by Crippen LogP contribution is -2.49. The van der Waals surface area contributed by atoms with Gasteiger partial charge in [-0.2, -0.15) is 5.10 Å². The fraction of sp³-hybridized carbons (Fsp3) is 0.276. The molecule has 0 aromatic heterocycles. The lowest BCUT2D eigenvalue weighted by molar-refractivity contribution is -0.114. The Morgan fingerprint density at radius 1 is 0.833 bits per heavy atom. The van der Waals surface area contributed by atoms with E-state index < -0.39 is 6.04 Å². The summed E-state index contributed by atoms with van der Waals surface area (Å²) >= 11 is 0. The van der Waals surface area contributed by atoms with Gasteiger partial charge in [-0.3, -0.25) is 24.8 Å². The summed E-state index contributed by atoms with van der Waals surface area (Å²) in [5.41, 5.74) is 7.11. The van der Waals surface area contributed by atoms with Crippen molar-refractivity contribution in [2.24, 2.45) is 5.10 Å². The van der Waals surface area contributed by atoms with Crippen LogP contribution in [-0.4, -0.2) is 53.4 Å². The number of nitrogens with one attached hydrogen (secondary N) is 2. The number of ketones is 1. The molecule has 3 aromatic carbocycles. The Balaban J connectivity index is 1.63. The molecule has 7 heteroatoms. The molecule has 1 amide bonds. The Kier molecular flexibility index (Phi) is 8.60. The van der Waals surface area contributed by atoms with Crippen LogP contribution in [0, 0.1) is 0 Å². The van der Waals surface area contributed by atoms with Crippen LogP contribution in [0.5, 0.6) is 0 Å². The minimum absolute atomic E-state index is 0.118. The van der Waals surface area contributed by atoms with Crippen molar-refractivity contribution in [2.75, 3.05) is 36.9 Å². The van der Waals surface area contributed by atoms with Gasteiger partial charge in [-0.05, 0) is 29.3 Å². The first-order chi connectivity index (χ1) is 17.5. The van der Waals surface area contributed by atoms with Crippen molar-refractivity contribution >= 4 is 28.8 Å². The van der Waals surface area contributed by atoms with E-state index in [4.69, 9.17) is 0 Å². The molecule has 1 atom stereocenters. The van der Waals surface area contributed by atoms with E-state index in [9.17, 15) is 9.59 Å². The molecular formula is C29H33N5O2. The molecule has 0 bridgehead atoms. The maximum Gasteiger partial charge on any atom is 0.221 e. The van der Waals surface area contributed by atoms with Gasteiger partial charge in [0, 0.05) is 52.3 Å². The van der Waals surface area contributed by atoms with E-state index in [1.165, 1.54) is 12.5 Å². The predicted molar refractivity (Wildman–Crippen MR) is 145 cm³/mol. The van der Waals surface area contributed by atoms with Crippen molar-refractivity contribution in [3.8, 4) is 0 Å². The number of carbonyl (C=O) groups excluding carboxylic acids is 2. The molecule has 1 aliphatic heterocycles. The molecule has 4 rings (SSSR count). The topological polar surface area (TPSA) is 77.0 Å². The number of Topliss-reactive ketones (excluding diaryl/α,β-unsaturated/α-hetero) is 1. The lowest BCUT2D eigenvalue weighted by atomic mass is 9.95. The monoisotopic (exact) mass is 483 g/mol. The van der Waals surface area contributed by atoms with Crippen molar-refractivity contribution in [3.05, 3.63) is 96.1 Å². The summed E-state index contributed by atoms with van der Waals surface area (Å²) in [5.74, 6) is -0.273. The van der Waals surface area contributed by atoms with Crippen LogP contribution in [0.1, 0.15) is 31.0 Å². The van der Waals surface area contributed by atoms with Crippen LogP contribution in [-0.2, 0) is 16.1 Å². The van der Waals surface area contributed by atoms with Crippen LogP contribution in [0.3, 0.4) is 0 Å². The Bertz CT molecular complexity index is 1190. The van der Waals surface area contributed by atoms with Gasteiger partial charge in [0.05, 0.1) is 11.7 Å². The third-order valence-electron chi connectivity index (χ3n) is 6.29. The van der Waals surface area contributed by atoms with Gasteiger partial charge < -0.3 is 5.32 Å². The van der Waals surface area contributed by atoms with E-state index in [2.05, 4.69) is 49.9 Å². The molecule has 0 aliphatic carbocycles. The maximum absolute atomic E-state index is 13.0. The van der Waals surface area contributed by atoms with E-state index in [1.807, 2.05) is 60.7 Å². The highest BCUT2D eigenvalue weighted by Gasteiger charge is 2.33. The van der Waals surface area contributed by atoms with Gasteiger partial charge in [-0.1, -0.05) is 66.7 Å². The van der Waals surface area contributed by atoms with Crippen LogP contribution < -0.4 is 10.7 Å². The molecule has 1 unspecified atom stereocenters. The van der Waals surface area contributed by atoms with Crippen molar-refractivity contribution in [3.63, 3.8) is 0 Å². The van der Waals surface area contributed by atoms with Gasteiger partial charge in [0.1, 0.15) is 5.71 Å². The molecule has 0 radical (unpaired) electrons. The van der Waals surface area contributed by atoms with E-state index >= 15 is 0 Å². The molecule has 1 fully saturated rings. The number of rotatable bonds is 9. The summed E-state index contributed by atoms with van der Waals surface area (Å²) in [6.45, 7) is 7.20. The summed E-state index contributed by atoms with van der Waals surface area (Å²) in [7, 11) is 0. The Labute approximate surface area is 212 Å². The highest BCUT2D eigenvalue weighted by Crippen LogP contribution is 2.31. The van der Waals surface area contributed by atoms with Crippen LogP contribution in [0.2, 0.25) is 0 Å². The van der Waals surface area contributed by atoms with Gasteiger partial charge in [0.25, 0.3) is 0 Å². The molecule has 0 saturated carbocycles. The predicted octanol–water partition coefficient (Wildman–Crippen LogP) is 4.56. The van der Waals surface area contributed by atoms with E-state index in [0.717, 1.165) is 44.0 Å². The van der Waals surface area contributed by atoms with Gasteiger partial charge >= 0.3 is 0 Å². The molecule has 1 aliphatic rings. The quantitative estimate of drug-likeness (QED) is 0.345. The van der Waals surface area contributed by atoms with Crippen LogP contribution in [0.25, 0.3) is 0 Å². The second-order valence-electron chi connectivity index (χ2n) is 9.00. The van der Waals surface area contributed by atoms with Gasteiger partial charge in [-0.25, -0.2) is 0 Å². The first-order valence-electron chi connectivity index (χ1n) is 12.3. The largest absolute Gasteiger partial charge is 0.326 e. The number of carbonyl (C=O) groups is 2. The molecule has 2 N–H and O–H groups in total. The Hall–Kier alpha value is -3.81. The summed E-state index contributed by atoms with van der Waals surface area (Å²) in [4.78, 5) is 29.6. The SMILES string of the molecule is CC(=O)Nc1ccccc1C(/C(=N\Nc1ccccc1)C(C)=O)N1CCN(Cc2ccccc2)CC1. The minimum Gasteiger partial charge on any atom is -0.326 e. The van der Waals surface area contributed by atoms with Gasteiger partial charge in [0.2, 0.25) is 5.91 Å². The van der Waals surface area contributed by atoms with Crippen LogP contribution in [0.15, 0.2) is 90.0 Å². The van der Waals surface area contributed by atoms with Crippen LogP contribution in [0.4, 0.5) is 11.4 Å². The maximum atomic E-state index is 13.0. The number of hydrogen-bond acceptors (Lipinski definition) is 6. The average molecular weight is 484 g/mol. The lowest BCUT2D eigenvalue weighted by Gasteiger charge is -2.40. The highest BCUT2D eigenvalue weighted by molar-refractivity contribution is 6.41. The standard InChI is InChI=1S/C29H33N5O2/c1-22(35)28(32-31-25-13-7-4-8-14-25)29(26-15-9-10-16-27(26)30-23(2)36)34-19-17-33(18-20-34)21-24-11-5-3-6-12-24/h3-16,29,31H,17-21H2,1-2H3,(H,30,36)/b32-28-. The molecule has 0 spiro atoms. The zero-order chi connectivity index (χ0) is 25.3. The second-order valence-corrected chi connectivity index (χ2v) is 9.00. The third-order valence-corrected chi connectivity index (χ3v) is 6.29. The Morgan fingerprint density at radius 2 is 1.44 bits per heavy atom. The fourth-order valence-electron chi connectivity index (χ4n) is 4.55. The zero-order valence-electron chi connectivity index (χ0n) is 20.9. The number of hydrogen-bond donors (Lipinski definition) is 2. The van der Waals surface area contributed by atoms with Crippen molar-refractivity contribution in [2.45, 2.75) is 26.4 Å². The molecule has 36 heavy (non-hydrogen) atoms. The van der Waals surface area contributed by atoms with E-state index in [1.54, 1.807) is 6.92 Å². The summed E-state index contributed by atoms with van der Waals surface area (Å²) < 4.78 is 0. The number of piperazine rings is 1. The number of benzene rings is 3. The summed E-state index contributed by atoms with van der Waals surface area (Å²) in [5, 5.41) is 7.54. The normalized spacial score (nSPS) is 15.8. The first-order valence-corrected chi connectivity index (χ1v) is 12.3. The third kappa shape index (κ3) is 6.65. The van der Waals surface area contributed by atoms with Crippen LogP contribution >= 0.6 is 0 Å². The van der Waals surface area contributed by atoms with E-state index in [0.29, 0.717) is 11.4 Å². The number of para-hydroxylation sites is 2. The van der Waals surface area contributed by atoms with Crippen molar-refractivity contribution < 1.29 is 9.59 Å². The van der Waals surface area contributed by atoms with Crippen molar-refractivity contribution in [1.82, 2.24) is 9.80 Å². The summed E-state index contributed by atoms with van der Waals surface area (Å²) in [6.07, 6.45) is 0. The highest BCUT2D eigenvalue weighted by atomic mass is 16.1. The minimum atomic E-state index is -0.402. The number of nitrogens with zero attached hydrogens (tertiary/aromatic N) is 3.